The lowest BCUT2D eigenvalue weighted by Gasteiger charge is -2.00. The largest absolute Gasteiger partial charge is 0.293 e. The maximum Gasteiger partial charge on any atom is 0.178 e. The molecule has 0 unspecified atom stereocenters. The second-order valence-corrected chi connectivity index (χ2v) is 2.04. The zero-order valence-corrected chi connectivity index (χ0v) is 5.66. The Labute approximate surface area is 63.9 Å². The van der Waals surface area contributed by atoms with Gasteiger partial charge in [0, 0.05) is 6.42 Å². The van der Waals surface area contributed by atoms with Gasteiger partial charge in [-0.1, -0.05) is 6.08 Å². The minimum absolute atomic E-state index is 0.0185. The molecule has 0 saturated carbocycles. The van der Waals surface area contributed by atoms with Crippen LogP contribution >= 0.6 is 0 Å². The van der Waals surface area contributed by atoms with Crippen LogP contribution < -0.4 is 0 Å². The molecule has 11 heavy (non-hydrogen) atoms. The number of hydrogen-bond donors (Lipinski definition) is 0. The average molecular weight is 144 g/mol. The maximum absolute atomic E-state index is 10.9. The molecular weight excluding hydrogens is 140 g/mol. The summed E-state index contributed by atoms with van der Waals surface area (Å²) in [6.07, 6.45) is 3.32. The zero-order valence-electron chi connectivity index (χ0n) is 5.66. The van der Waals surface area contributed by atoms with Gasteiger partial charge in [0.15, 0.2) is 5.78 Å². The summed E-state index contributed by atoms with van der Waals surface area (Å²) >= 11 is 0. The van der Waals surface area contributed by atoms with Crippen LogP contribution in [0.15, 0.2) is 23.3 Å². The highest BCUT2D eigenvalue weighted by Crippen LogP contribution is 2.13. The maximum atomic E-state index is 10.9. The van der Waals surface area contributed by atoms with Crippen molar-refractivity contribution in [3.8, 4) is 12.1 Å². The number of nitrogens with zero attached hydrogens (tertiary/aromatic N) is 2. The Morgan fingerprint density at radius 1 is 1.36 bits per heavy atom. The highest BCUT2D eigenvalue weighted by atomic mass is 16.1. The fourth-order valence-corrected chi connectivity index (χ4v) is 0.835. The Kier molecular flexibility index (Phi) is 1.85. The second-order valence-electron chi connectivity index (χ2n) is 2.04. The Hall–Kier alpha value is -1.87. The molecule has 0 atom stereocenters. The molecule has 0 heterocycles. The van der Waals surface area contributed by atoms with Crippen LogP contribution in [0.25, 0.3) is 0 Å². The molecule has 0 aliphatic heterocycles. The molecule has 3 heteroatoms. The van der Waals surface area contributed by atoms with Crippen LogP contribution in [0, 0.1) is 22.7 Å². The third-order valence-electron chi connectivity index (χ3n) is 1.37. The van der Waals surface area contributed by atoms with Gasteiger partial charge in [0.25, 0.3) is 0 Å². The Balaban J connectivity index is 3.21. The predicted octanol–water partition coefficient (Wildman–Crippen LogP) is 0.859. The van der Waals surface area contributed by atoms with Gasteiger partial charge in [-0.05, 0) is 6.08 Å². The van der Waals surface area contributed by atoms with E-state index in [-0.39, 0.29) is 23.4 Å². The Morgan fingerprint density at radius 3 is 2.55 bits per heavy atom. The lowest BCUT2D eigenvalue weighted by molar-refractivity contribution is -0.114. The minimum atomic E-state index is -0.272. The van der Waals surface area contributed by atoms with Crippen molar-refractivity contribution in [2.24, 2.45) is 0 Å². The number of carbonyl (C=O) groups excluding carboxylic acids is 1. The third-order valence-corrected chi connectivity index (χ3v) is 1.37. The molecule has 0 saturated heterocycles. The first-order valence-corrected chi connectivity index (χ1v) is 3.04. The Bertz CT molecular complexity index is 336. The molecule has 0 bridgehead atoms. The second kappa shape index (κ2) is 2.81. The van der Waals surface area contributed by atoms with Crippen LogP contribution in [0.4, 0.5) is 0 Å². The summed E-state index contributed by atoms with van der Waals surface area (Å²) < 4.78 is 0. The van der Waals surface area contributed by atoms with Crippen LogP contribution in [-0.4, -0.2) is 5.78 Å². The lowest BCUT2D eigenvalue weighted by atomic mass is 9.98. The highest BCUT2D eigenvalue weighted by Gasteiger charge is 2.15. The number of hydrogen-bond acceptors (Lipinski definition) is 3. The van der Waals surface area contributed by atoms with Gasteiger partial charge in [0.1, 0.15) is 17.7 Å². The van der Waals surface area contributed by atoms with Crippen LogP contribution in [0.2, 0.25) is 0 Å². The van der Waals surface area contributed by atoms with Gasteiger partial charge in [0.05, 0.1) is 5.57 Å². The summed E-state index contributed by atoms with van der Waals surface area (Å²) in [4.78, 5) is 10.9. The van der Waals surface area contributed by atoms with E-state index in [9.17, 15) is 4.79 Å². The van der Waals surface area contributed by atoms with Crippen molar-refractivity contribution in [2.45, 2.75) is 6.42 Å². The van der Waals surface area contributed by atoms with Gasteiger partial charge in [0.2, 0.25) is 0 Å². The van der Waals surface area contributed by atoms with Crippen LogP contribution in [0.3, 0.4) is 0 Å². The summed E-state index contributed by atoms with van der Waals surface area (Å²) in [6.45, 7) is 0. The van der Waals surface area contributed by atoms with Gasteiger partial charge in [-0.15, -0.1) is 0 Å². The topological polar surface area (TPSA) is 64.7 Å². The molecule has 0 N–H and O–H groups in total. The summed E-state index contributed by atoms with van der Waals surface area (Å²) in [5.41, 5.74) is 0.152. The van der Waals surface area contributed by atoms with Crippen molar-refractivity contribution in [1.29, 1.82) is 10.5 Å². The predicted molar refractivity (Wildman–Crippen MR) is 37.0 cm³/mol. The molecule has 0 radical (unpaired) electrons. The zero-order chi connectivity index (χ0) is 8.27. The lowest BCUT2D eigenvalue weighted by Crippen LogP contribution is -2.05. The first-order valence-electron chi connectivity index (χ1n) is 3.04. The number of allylic oxidation sites excluding steroid dienone is 4. The number of ketones is 1. The SMILES string of the molecule is N#CC1=C(C#N)C(=O)CC=C1. The molecule has 1 aliphatic carbocycles. The number of nitriles is 2. The molecule has 1 rings (SSSR count). The Morgan fingerprint density at radius 2 is 2.09 bits per heavy atom. The van der Waals surface area contributed by atoms with Crippen LogP contribution in [0.5, 0.6) is 0 Å². The highest BCUT2D eigenvalue weighted by molar-refractivity contribution is 6.02. The van der Waals surface area contributed by atoms with E-state index in [2.05, 4.69) is 0 Å². The first kappa shape index (κ1) is 7.24. The molecule has 1 aliphatic rings. The molecule has 0 aromatic heterocycles. The molecule has 0 aromatic rings. The van der Waals surface area contributed by atoms with E-state index in [1.165, 1.54) is 6.08 Å². The first-order chi connectivity index (χ1) is 5.29. The molecule has 52 valence electrons. The fourth-order valence-electron chi connectivity index (χ4n) is 0.835. The summed E-state index contributed by atoms with van der Waals surface area (Å²) in [5.74, 6) is -0.272. The number of rotatable bonds is 0. The van der Waals surface area contributed by atoms with Gasteiger partial charge in [-0.2, -0.15) is 10.5 Å². The molecule has 0 amide bonds. The van der Waals surface area contributed by atoms with E-state index < -0.39 is 0 Å². The van der Waals surface area contributed by atoms with E-state index in [0.29, 0.717) is 0 Å². The van der Waals surface area contributed by atoms with Crippen LogP contribution in [0.1, 0.15) is 6.42 Å². The third kappa shape index (κ3) is 1.17. The fraction of sp³-hybridized carbons (Fsp3) is 0.125. The van der Waals surface area contributed by atoms with E-state index in [1.807, 2.05) is 0 Å². The van der Waals surface area contributed by atoms with E-state index >= 15 is 0 Å². The number of carbonyl (C=O) groups is 1. The van der Waals surface area contributed by atoms with Crippen molar-refractivity contribution < 1.29 is 4.79 Å². The van der Waals surface area contributed by atoms with E-state index in [4.69, 9.17) is 10.5 Å². The quantitative estimate of drug-likeness (QED) is 0.506. The summed E-state index contributed by atoms with van der Waals surface area (Å²) in [7, 11) is 0. The molecule has 0 spiro atoms. The van der Waals surface area contributed by atoms with Gasteiger partial charge in [-0.3, -0.25) is 4.79 Å². The van der Waals surface area contributed by atoms with E-state index in [1.54, 1.807) is 18.2 Å². The van der Waals surface area contributed by atoms with E-state index in [0.717, 1.165) is 0 Å². The van der Waals surface area contributed by atoms with Crippen molar-refractivity contribution in [1.82, 2.24) is 0 Å². The van der Waals surface area contributed by atoms with Crippen LogP contribution in [-0.2, 0) is 4.79 Å². The molecule has 0 aromatic carbocycles. The smallest absolute Gasteiger partial charge is 0.178 e. The molecule has 0 fully saturated rings. The van der Waals surface area contributed by atoms with Gasteiger partial charge < -0.3 is 0 Å². The van der Waals surface area contributed by atoms with Crippen molar-refractivity contribution >= 4 is 5.78 Å². The molecule has 3 nitrogen and oxygen atoms in total. The standard InChI is InChI=1S/C8H4N2O/c9-4-6-2-1-3-8(11)7(6)5-10/h1-2H,3H2. The van der Waals surface area contributed by atoms with Crippen molar-refractivity contribution in [2.75, 3.05) is 0 Å². The monoisotopic (exact) mass is 144 g/mol. The van der Waals surface area contributed by atoms with Gasteiger partial charge >= 0.3 is 0 Å². The number of Topliss-reactive ketones (excluding diaryl/α,β-unsaturated/α-hetero) is 1. The minimum Gasteiger partial charge on any atom is -0.293 e. The summed E-state index contributed by atoms with van der Waals surface area (Å²) in [6, 6.07) is 3.50. The van der Waals surface area contributed by atoms with Crippen molar-refractivity contribution in [3.05, 3.63) is 23.3 Å². The summed E-state index contributed by atoms with van der Waals surface area (Å²) in [5, 5.41) is 16.9. The normalized spacial score (nSPS) is 16.0. The molecular formula is C8H4N2O. The van der Waals surface area contributed by atoms with Gasteiger partial charge in [-0.25, -0.2) is 0 Å². The average Bonchev–Trinajstić information content (AvgIpc) is 2.04. The van der Waals surface area contributed by atoms with Crippen molar-refractivity contribution in [3.63, 3.8) is 0 Å².